The van der Waals surface area contributed by atoms with Crippen molar-refractivity contribution in [2.75, 3.05) is 7.11 Å². The van der Waals surface area contributed by atoms with Gasteiger partial charge in [0.05, 0.1) is 19.6 Å². The summed E-state index contributed by atoms with van der Waals surface area (Å²) in [6.45, 7) is 2.08. The zero-order valence-corrected chi connectivity index (χ0v) is 11.3. The van der Waals surface area contributed by atoms with Crippen molar-refractivity contribution in [3.05, 3.63) is 41.5 Å². The van der Waals surface area contributed by atoms with Crippen LogP contribution in [-0.2, 0) is 6.42 Å². The number of hydrogen-bond donors (Lipinski definition) is 1. The second kappa shape index (κ2) is 6.33. The first kappa shape index (κ1) is 13.5. The first-order chi connectivity index (χ1) is 9.22. The van der Waals surface area contributed by atoms with Crippen LogP contribution in [0.5, 0.6) is 5.75 Å². The molecule has 2 rings (SSSR count). The first-order valence-electron chi connectivity index (χ1n) is 6.44. The molecule has 2 N–H and O–H groups in total. The molecule has 2 aromatic rings. The lowest BCUT2D eigenvalue weighted by Gasteiger charge is -2.02. The van der Waals surface area contributed by atoms with Gasteiger partial charge in [0, 0.05) is 0 Å². The summed E-state index contributed by atoms with van der Waals surface area (Å²) in [5, 5.41) is 3.93. The molecule has 102 valence electrons. The van der Waals surface area contributed by atoms with Gasteiger partial charge in [-0.1, -0.05) is 30.6 Å². The minimum Gasteiger partial charge on any atom is -0.497 e. The molecule has 5 heteroatoms. The van der Waals surface area contributed by atoms with Crippen LogP contribution in [0.15, 0.2) is 28.8 Å². The Morgan fingerprint density at radius 3 is 2.68 bits per heavy atom. The highest BCUT2D eigenvalue weighted by atomic mass is 16.5. The maximum Gasteiger partial charge on any atom is 0.231 e. The standard InChI is InChI=1S/C14H19N3O2/c1-3-4-12(15)14-16-13(19-17-14)9-10-5-7-11(18-2)8-6-10/h5-8,12H,3-4,9,15H2,1-2H3. The van der Waals surface area contributed by atoms with Crippen molar-refractivity contribution in [3.8, 4) is 5.75 Å². The van der Waals surface area contributed by atoms with Crippen LogP contribution < -0.4 is 10.5 Å². The van der Waals surface area contributed by atoms with E-state index in [4.69, 9.17) is 15.0 Å². The van der Waals surface area contributed by atoms with Gasteiger partial charge in [-0.25, -0.2) is 0 Å². The lowest BCUT2D eigenvalue weighted by Crippen LogP contribution is -2.11. The Morgan fingerprint density at radius 2 is 2.05 bits per heavy atom. The lowest BCUT2D eigenvalue weighted by atomic mass is 10.1. The van der Waals surface area contributed by atoms with Crippen LogP contribution in [0.1, 0.15) is 43.1 Å². The van der Waals surface area contributed by atoms with Crippen molar-refractivity contribution >= 4 is 0 Å². The van der Waals surface area contributed by atoms with Gasteiger partial charge in [-0.05, 0) is 24.1 Å². The summed E-state index contributed by atoms with van der Waals surface area (Å²) in [5.74, 6) is 2.01. The van der Waals surface area contributed by atoms with Crippen molar-refractivity contribution in [2.24, 2.45) is 5.73 Å². The first-order valence-corrected chi connectivity index (χ1v) is 6.44. The van der Waals surface area contributed by atoms with Crippen molar-refractivity contribution < 1.29 is 9.26 Å². The van der Waals surface area contributed by atoms with Gasteiger partial charge in [-0.3, -0.25) is 0 Å². The topological polar surface area (TPSA) is 74.2 Å². The molecule has 0 saturated heterocycles. The van der Waals surface area contributed by atoms with Gasteiger partial charge in [-0.15, -0.1) is 0 Å². The van der Waals surface area contributed by atoms with E-state index in [1.54, 1.807) is 7.11 Å². The van der Waals surface area contributed by atoms with Crippen molar-refractivity contribution in [3.63, 3.8) is 0 Å². The second-order valence-electron chi connectivity index (χ2n) is 4.47. The number of hydrogen-bond acceptors (Lipinski definition) is 5. The number of rotatable bonds is 6. The molecule has 0 bridgehead atoms. The minimum absolute atomic E-state index is 0.140. The summed E-state index contributed by atoms with van der Waals surface area (Å²) in [6.07, 6.45) is 2.47. The molecule has 0 fully saturated rings. The number of aromatic nitrogens is 2. The van der Waals surface area contributed by atoms with Crippen molar-refractivity contribution in [2.45, 2.75) is 32.2 Å². The van der Waals surface area contributed by atoms with Crippen LogP contribution in [-0.4, -0.2) is 17.3 Å². The van der Waals surface area contributed by atoms with E-state index in [1.165, 1.54) is 0 Å². The zero-order chi connectivity index (χ0) is 13.7. The van der Waals surface area contributed by atoms with E-state index in [2.05, 4.69) is 17.1 Å². The van der Waals surface area contributed by atoms with Crippen LogP contribution in [0.25, 0.3) is 0 Å². The molecular weight excluding hydrogens is 242 g/mol. The molecule has 1 aromatic heterocycles. The molecule has 0 amide bonds. The summed E-state index contributed by atoms with van der Waals surface area (Å²) in [7, 11) is 1.65. The fourth-order valence-electron chi connectivity index (χ4n) is 1.85. The van der Waals surface area contributed by atoms with E-state index < -0.39 is 0 Å². The maximum atomic E-state index is 5.95. The quantitative estimate of drug-likeness (QED) is 0.864. The molecule has 0 saturated carbocycles. The average molecular weight is 261 g/mol. The highest BCUT2D eigenvalue weighted by Crippen LogP contribution is 2.16. The van der Waals surface area contributed by atoms with Gasteiger partial charge in [-0.2, -0.15) is 4.98 Å². The molecule has 0 aliphatic rings. The predicted molar refractivity (Wildman–Crippen MR) is 71.9 cm³/mol. The van der Waals surface area contributed by atoms with Crippen molar-refractivity contribution in [1.82, 2.24) is 10.1 Å². The third-order valence-electron chi connectivity index (χ3n) is 2.93. The average Bonchev–Trinajstić information content (AvgIpc) is 2.88. The van der Waals surface area contributed by atoms with Crippen LogP contribution in [0.2, 0.25) is 0 Å². The van der Waals surface area contributed by atoms with Gasteiger partial charge < -0.3 is 15.0 Å². The molecule has 0 aliphatic heterocycles. The SMILES string of the molecule is CCCC(N)c1noc(Cc2ccc(OC)cc2)n1. The monoisotopic (exact) mass is 261 g/mol. The van der Waals surface area contributed by atoms with Crippen molar-refractivity contribution in [1.29, 1.82) is 0 Å². The second-order valence-corrected chi connectivity index (χ2v) is 4.47. The molecule has 19 heavy (non-hydrogen) atoms. The Balaban J connectivity index is 2.02. The summed E-state index contributed by atoms with van der Waals surface area (Å²) in [4.78, 5) is 4.33. The van der Waals surface area contributed by atoms with E-state index in [9.17, 15) is 0 Å². The number of nitrogens with zero attached hydrogens (tertiary/aromatic N) is 2. The normalized spacial score (nSPS) is 12.4. The highest BCUT2D eigenvalue weighted by molar-refractivity contribution is 5.28. The van der Waals surface area contributed by atoms with Gasteiger partial charge in [0.15, 0.2) is 5.82 Å². The largest absolute Gasteiger partial charge is 0.497 e. The third kappa shape index (κ3) is 3.54. The van der Waals surface area contributed by atoms with Gasteiger partial charge in [0.25, 0.3) is 0 Å². The molecular formula is C14H19N3O2. The molecule has 0 spiro atoms. The molecule has 0 aliphatic carbocycles. The fourth-order valence-corrected chi connectivity index (χ4v) is 1.85. The van der Waals surface area contributed by atoms with E-state index >= 15 is 0 Å². The predicted octanol–water partition coefficient (Wildman–Crippen LogP) is 2.47. The van der Waals surface area contributed by atoms with Gasteiger partial charge in [0.2, 0.25) is 5.89 Å². The van der Waals surface area contributed by atoms with E-state index in [-0.39, 0.29) is 6.04 Å². The maximum absolute atomic E-state index is 5.95. The van der Waals surface area contributed by atoms with Crippen LogP contribution in [0.3, 0.4) is 0 Å². The Labute approximate surface area is 112 Å². The third-order valence-corrected chi connectivity index (χ3v) is 2.93. The summed E-state index contributed by atoms with van der Waals surface area (Å²) in [6, 6.07) is 7.65. The zero-order valence-electron chi connectivity index (χ0n) is 11.3. The molecule has 1 aromatic carbocycles. The molecule has 1 heterocycles. The number of benzene rings is 1. The molecule has 5 nitrogen and oxygen atoms in total. The Kier molecular flexibility index (Phi) is 4.52. The van der Waals surface area contributed by atoms with Crippen LogP contribution >= 0.6 is 0 Å². The fraction of sp³-hybridized carbons (Fsp3) is 0.429. The molecule has 1 atom stereocenters. The summed E-state index contributed by atoms with van der Waals surface area (Å²) >= 11 is 0. The van der Waals surface area contributed by atoms with Crippen LogP contribution in [0, 0.1) is 0 Å². The van der Waals surface area contributed by atoms with Crippen LogP contribution in [0.4, 0.5) is 0 Å². The number of nitrogens with two attached hydrogens (primary N) is 1. The van der Waals surface area contributed by atoms with E-state index in [0.717, 1.165) is 24.2 Å². The summed E-state index contributed by atoms with van der Waals surface area (Å²) < 4.78 is 10.3. The molecule has 1 unspecified atom stereocenters. The Morgan fingerprint density at radius 1 is 1.32 bits per heavy atom. The van der Waals surface area contributed by atoms with E-state index in [0.29, 0.717) is 18.1 Å². The highest BCUT2D eigenvalue weighted by Gasteiger charge is 2.13. The Hall–Kier alpha value is -1.88. The number of ether oxygens (including phenoxy) is 1. The van der Waals surface area contributed by atoms with Gasteiger partial charge >= 0.3 is 0 Å². The smallest absolute Gasteiger partial charge is 0.231 e. The van der Waals surface area contributed by atoms with E-state index in [1.807, 2.05) is 24.3 Å². The Bertz CT molecular complexity index is 508. The number of methoxy groups -OCH3 is 1. The van der Waals surface area contributed by atoms with Gasteiger partial charge in [0.1, 0.15) is 5.75 Å². The lowest BCUT2D eigenvalue weighted by molar-refractivity contribution is 0.374. The minimum atomic E-state index is -0.140. The summed E-state index contributed by atoms with van der Waals surface area (Å²) in [5.41, 5.74) is 7.05. The molecule has 0 radical (unpaired) electrons.